The van der Waals surface area contributed by atoms with Crippen LogP contribution in [0.5, 0.6) is 0 Å². The first kappa shape index (κ1) is 16.3. The molecule has 28 heavy (non-hydrogen) atoms. The lowest BCUT2D eigenvalue weighted by Gasteiger charge is -2.08. The van der Waals surface area contributed by atoms with E-state index in [4.69, 9.17) is 5.73 Å². The molecule has 136 valence electrons. The average molecular weight is 365 g/mol. The fraction of sp³-hybridized carbons (Fsp3) is 0.0435. The highest BCUT2D eigenvalue weighted by Crippen LogP contribution is 2.36. The summed E-state index contributed by atoms with van der Waals surface area (Å²) < 4.78 is 0. The first-order valence-electron chi connectivity index (χ1n) is 9.19. The van der Waals surface area contributed by atoms with E-state index in [9.17, 15) is 0 Å². The van der Waals surface area contributed by atoms with Gasteiger partial charge in [0.15, 0.2) is 0 Å². The minimum absolute atomic E-state index is 0.514. The maximum Gasteiger partial charge on any atom is 0.140 e. The summed E-state index contributed by atoms with van der Waals surface area (Å²) in [6.07, 6.45) is 4.63. The number of nitrogens with one attached hydrogen (secondary N) is 2. The van der Waals surface area contributed by atoms with Crippen molar-refractivity contribution in [3.63, 3.8) is 0 Å². The maximum atomic E-state index is 6.08. The fourth-order valence-electron chi connectivity index (χ4n) is 3.72. The molecule has 3 aromatic heterocycles. The smallest absolute Gasteiger partial charge is 0.140 e. The zero-order valence-electron chi connectivity index (χ0n) is 15.2. The van der Waals surface area contributed by atoms with Crippen LogP contribution in [0.4, 0.5) is 5.82 Å². The Kier molecular flexibility index (Phi) is 3.91. The average Bonchev–Trinajstić information content (AvgIpc) is 3.36. The molecule has 2 aromatic carbocycles. The highest BCUT2D eigenvalue weighted by Gasteiger charge is 2.18. The van der Waals surface area contributed by atoms with Crippen LogP contribution in [0.25, 0.3) is 33.4 Å². The van der Waals surface area contributed by atoms with Crippen molar-refractivity contribution >= 4 is 16.9 Å². The van der Waals surface area contributed by atoms with Gasteiger partial charge in [0.2, 0.25) is 0 Å². The van der Waals surface area contributed by atoms with E-state index < -0.39 is 0 Å². The van der Waals surface area contributed by atoms with Gasteiger partial charge in [-0.25, -0.2) is 4.98 Å². The molecule has 0 aliphatic rings. The molecule has 5 aromatic rings. The Labute approximate surface area is 162 Å². The predicted molar refractivity (Wildman–Crippen MR) is 113 cm³/mol. The molecule has 0 atom stereocenters. The molecular weight excluding hydrogens is 346 g/mol. The van der Waals surface area contributed by atoms with Crippen molar-refractivity contribution < 1.29 is 0 Å². The van der Waals surface area contributed by atoms with Gasteiger partial charge in [-0.05, 0) is 29.2 Å². The molecule has 4 N–H and O–H groups in total. The van der Waals surface area contributed by atoms with Crippen LogP contribution in [-0.4, -0.2) is 20.2 Å². The number of hydrogen-bond acceptors (Lipinski definition) is 3. The lowest BCUT2D eigenvalue weighted by molar-refractivity contribution is 1.10. The van der Waals surface area contributed by atoms with Crippen LogP contribution >= 0.6 is 0 Å². The van der Waals surface area contributed by atoms with Gasteiger partial charge >= 0.3 is 0 Å². The number of fused-ring (bicyclic) bond motifs is 1. The molecule has 0 unspecified atom stereocenters. The number of nitrogens with two attached hydrogens (primary N) is 1. The molecule has 0 aliphatic carbocycles. The first-order chi connectivity index (χ1) is 13.8. The maximum absolute atomic E-state index is 6.08. The summed E-state index contributed by atoms with van der Waals surface area (Å²) in [5.74, 6) is 0.514. The van der Waals surface area contributed by atoms with Crippen LogP contribution in [0.3, 0.4) is 0 Å². The number of pyridine rings is 1. The summed E-state index contributed by atoms with van der Waals surface area (Å²) in [5, 5.41) is 8.55. The Hall–Kier alpha value is -3.86. The molecule has 0 saturated heterocycles. The van der Waals surface area contributed by atoms with Crippen LogP contribution in [0.2, 0.25) is 0 Å². The van der Waals surface area contributed by atoms with Gasteiger partial charge in [-0.15, -0.1) is 0 Å². The summed E-state index contributed by atoms with van der Waals surface area (Å²) in [7, 11) is 0. The van der Waals surface area contributed by atoms with Crippen LogP contribution in [-0.2, 0) is 6.42 Å². The van der Waals surface area contributed by atoms with Crippen LogP contribution < -0.4 is 5.73 Å². The van der Waals surface area contributed by atoms with Crippen molar-refractivity contribution in [1.82, 2.24) is 20.2 Å². The van der Waals surface area contributed by atoms with E-state index in [1.165, 1.54) is 5.56 Å². The summed E-state index contributed by atoms with van der Waals surface area (Å²) in [6.45, 7) is 0. The lowest BCUT2D eigenvalue weighted by Crippen LogP contribution is -1.97. The van der Waals surface area contributed by atoms with Crippen molar-refractivity contribution in [3.05, 3.63) is 90.3 Å². The molecule has 0 aliphatic heterocycles. The summed E-state index contributed by atoms with van der Waals surface area (Å²) in [5.41, 5.74) is 13.4. The lowest BCUT2D eigenvalue weighted by atomic mass is 9.97. The molecular formula is C23H19N5. The quantitative estimate of drug-likeness (QED) is 0.428. The van der Waals surface area contributed by atoms with Crippen molar-refractivity contribution in [2.75, 3.05) is 5.73 Å². The van der Waals surface area contributed by atoms with E-state index in [2.05, 4.69) is 56.6 Å². The van der Waals surface area contributed by atoms with E-state index in [0.29, 0.717) is 5.82 Å². The second-order valence-electron chi connectivity index (χ2n) is 6.82. The largest absolute Gasteiger partial charge is 0.384 e. The monoisotopic (exact) mass is 365 g/mol. The van der Waals surface area contributed by atoms with Crippen LogP contribution in [0, 0.1) is 0 Å². The number of aromatic amines is 2. The van der Waals surface area contributed by atoms with Gasteiger partial charge in [0.1, 0.15) is 11.5 Å². The molecule has 0 bridgehead atoms. The van der Waals surface area contributed by atoms with Gasteiger partial charge in [0, 0.05) is 22.7 Å². The Balaban J connectivity index is 1.69. The SMILES string of the molecule is Nc1cc(Cc2ccccc2)c2c(-c3[nH]ncc3-c3ccccc3)c[nH]c2n1. The topological polar surface area (TPSA) is 83.4 Å². The third kappa shape index (κ3) is 2.83. The van der Waals surface area contributed by atoms with Gasteiger partial charge < -0.3 is 10.7 Å². The highest BCUT2D eigenvalue weighted by molar-refractivity contribution is 5.99. The van der Waals surface area contributed by atoms with Crippen molar-refractivity contribution in [3.8, 4) is 22.4 Å². The molecule has 0 spiro atoms. The predicted octanol–water partition coefficient (Wildman–Crippen LogP) is 4.79. The Morgan fingerprint density at radius 2 is 1.64 bits per heavy atom. The molecule has 5 heteroatoms. The molecule has 5 rings (SSSR count). The molecule has 0 saturated carbocycles. The molecule has 0 radical (unpaired) electrons. The summed E-state index contributed by atoms with van der Waals surface area (Å²) in [4.78, 5) is 7.78. The van der Waals surface area contributed by atoms with Gasteiger partial charge in [0.05, 0.1) is 11.9 Å². The van der Waals surface area contributed by atoms with E-state index in [0.717, 1.165) is 45.4 Å². The minimum atomic E-state index is 0.514. The van der Waals surface area contributed by atoms with E-state index in [-0.39, 0.29) is 0 Å². The summed E-state index contributed by atoms with van der Waals surface area (Å²) >= 11 is 0. The van der Waals surface area contributed by atoms with E-state index in [1.54, 1.807) is 0 Å². The molecule has 3 heterocycles. The third-order valence-electron chi connectivity index (χ3n) is 4.97. The first-order valence-corrected chi connectivity index (χ1v) is 9.19. The number of hydrogen-bond donors (Lipinski definition) is 3. The standard InChI is InChI=1S/C23H19N5/c24-20-12-17(11-15-7-3-1-4-8-15)21-19(13-25-23(21)27-20)22-18(14-26-28-22)16-9-5-2-6-10-16/h1-10,12-14H,11H2,(H,26,28)(H3,24,25,27). The number of anilines is 1. The zero-order chi connectivity index (χ0) is 18.9. The van der Waals surface area contributed by atoms with Gasteiger partial charge in [0.25, 0.3) is 0 Å². The molecule has 0 fully saturated rings. The van der Waals surface area contributed by atoms with Gasteiger partial charge in [-0.3, -0.25) is 5.10 Å². The van der Waals surface area contributed by atoms with Crippen molar-refractivity contribution in [1.29, 1.82) is 0 Å². The van der Waals surface area contributed by atoms with Crippen molar-refractivity contribution in [2.24, 2.45) is 0 Å². The van der Waals surface area contributed by atoms with Crippen LogP contribution in [0.15, 0.2) is 79.1 Å². The zero-order valence-corrected chi connectivity index (χ0v) is 15.2. The van der Waals surface area contributed by atoms with Gasteiger partial charge in [-0.1, -0.05) is 60.7 Å². The summed E-state index contributed by atoms with van der Waals surface area (Å²) in [6, 6.07) is 22.6. The van der Waals surface area contributed by atoms with Gasteiger partial charge in [-0.2, -0.15) is 5.10 Å². The number of nitrogen functional groups attached to an aromatic ring is 1. The number of nitrogens with zero attached hydrogens (tertiary/aromatic N) is 2. The Morgan fingerprint density at radius 1 is 0.893 bits per heavy atom. The fourth-order valence-corrected chi connectivity index (χ4v) is 3.72. The van der Waals surface area contributed by atoms with E-state index in [1.807, 2.05) is 42.7 Å². The van der Waals surface area contributed by atoms with E-state index >= 15 is 0 Å². The second kappa shape index (κ2) is 6.70. The number of benzene rings is 2. The number of aromatic nitrogens is 4. The molecule has 0 amide bonds. The Bertz CT molecular complexity index is 1240. The highest BCUT2D eigenvalue weighted by atomic mass is 15.1. The normalized spacial score (nSPS) is 11.1. The number of H-pyrrole nitrogens is 2. The van der Waals surface area contributed by atoms with Crippen molar-refractivity contribution in [2.45, 2.75) is 6.42 Å². The molecule has 5 nitrogen and oxygen atoms in total. The second-order valence-corrected chi connectivity index (χ2v) is 6.82. The number of rotatable bonds is 4. The third-order valence-corrected chi connectivity index (χ3v) is 4.97. The minimum Gasteiger partial charge on any atom is -0.384 e. The van der Waals surface area contributed by atoms with Crippen LogP contribution in [0.1, 0.15) is 11.1 Å². The Morgan fingerprint density at radius 3 is 2.43 bits per heavy atom.